The van der Waals surface area contributed by atoms with Gasteiger partial charge in [0.05, 0.1) is 5.92 Å². The molecule has 0 unspecified atom stereocenters. The zero-order valence-electron chi connectivity index (χ0n) is 8.82. The minimum Gasteiger partial charge on any atom is -0.342 e. The molecule has 0 aromatic rings. The van der Waals surface area contributed by atoms with Crippen LogP contribution >= 0.6 is 0 Å². The maximum atomic E-state index is 12.0. The molecule has 5 heteroatoms. The van der Waals surface area contributed by atoms with Crippen molar-refractivity contribution in [2.75, 3.05) is 39.3 Å². The fourth-order valence-corrected chi connectivity index (χ4v) is 2.17. The lowest BCUT2D eigenvalue weighted by Crippen LogP contribution is -2.50. The molecule has 0 radical (unpaired) electrons. The van der Waals surface area contributed by atoms with Crippen molar-refractivity contribution in [1.29, 1.82) is 0 Å². The molecule has 1 atom stereocenters. The first-order chi connectivity index (χ1) is 7.31. The van der Waals surface area contributed by atoms with Crippen LogP contribution in [-0.4, -0.2) is 61.4 Å². The van der Waals surface area contributed by atoms with E-state index in [-0.39, 0.29) is 11.8 Å². The second-order valence-corrected chi connectivity index (χ2v) is 4.16. The van der Waals surface area contributed by atoms with Crippen molar-refractivity contribution >= 4 is 12.3 Å². The topological polar surface area (TPSA) is 52.7 Å². The van der Waals surface area contributed by atoms with Gasteiger partial charge >= 0.3 is 0 Å². The van der Waals surface area contributed by atoms with Crippen molar-refractivity contribution in [3.05, 3.63) is 0 Å². The first-order valence-corrected chi connectivity index (χ1v) is 5.50. The van der Waals surface area contributed by atoms with E-state index in [2.05, 4.69) is 5.32 Å². The number of piperazine rings is 1. The first-order valence-electron chi connectivity index (χ1n) is 5.50. The Kier molecular flexibility index (Phi) is 3.20. The van der Waals surface area contributed by atoms with E-state index in [9.17, 15) is 9.59 Å². The molecular weight excluding hydrogens is 194 g/mol. The molecule has 2 amide bonds. The average Bonchev–Trinajstić information content (AvgIpc) is 2.82. The molecule has 15 heavy (non-hydrogen) atoms. The highest BCUT2D eigenvalue weighted by molar-refractivity contribution is 5.79. The number of carbonyl (C=O) groups excluding carboxylic acids is 2. The monoisotopic (exact) mass is 211 g/mol. The highest BCUT2D eigenvalue weighted by atomic mass is 16.2. The first kappa shape index (κ1) is 10.4. The molecule has 0 aromatic heterocycles. The van der Waals surface area contributed by atoms with Crippen LogP contribution in [0.5, 0.6) is 0 Å². The van der Waals surface area contributed by atoms with Gasteiger partial charge in [-0.3, -0.25) is 9.59 Å². The van der Waals surface area contributed by atoms with E-state index in [1.807, 2.05) is 4.90 Å². The summed E-state index contributed by atoms with van der Waals surface area (Å²) in [6, 6.07) is 0. The lowest BCUT2D eigenvalue weighted by molar-refractivity contribution is -0.138. The average molecular weight is 211 g/mol. The Hall–Kier alpha value is -1.10. The van der Waals surface area contributed by atoms with Gasteiger partial charge in [0.2, 0.25) is 12.3 Å². The molecule has 0 aliphatic carbocycles. The quantitative estimate of drug-likeness (QED) is 0.590. The van der Waals surface area contributed by atoms with Crippen LogP contribution in [-0.2, 0) is 9.59 Å². The predicted molar refractivity (Wildman–Crippen MR) is 55.2 cm³/mol. The zero-order valence-corrected chi connectivity index (χ0v) is 8.82. The fraction of sp³-hybridized carbons (Fsp3) is 0.800. The van der Waals surface area contributed by atoms with Crippen LogP contribution in [0.4, 0.5) is 0 Å². The van der Waals surface area contributed by atoms with Crippen LogP contribution in [0, 0.1) is 5.92 Å². The number of rotatable bonds is 2. The number of hydrogen-bond donors (Lipinski definition) is 1. The van der Waals surface area contributed by atoms with E-state index in [1.54, 1.807) is 4.90 Å². The summed E-state index contributed by atoms with van der Waals surface area (Å²) in [7, 11) is 0. The van der Waals surface area contributed by atoms with E-state index in [0.717, 1.165) is 25.9 Å². The van der Waals surface area contributed by atoms with Crippen molar-refractivity contribution < 1.29 is 9.59 Å². The molecule has 0 aromatic carbocycles. The Labute approximate surface area is 89.4 Å². The SMILES string of the molecule is O=CN1CCN(C(=O)[C@H]2CCNC2)CC1. The molecule has 0 saturated carbocycles. The minimum absolute atomic E-state index is 0.160. The highest BCUT2D eigenvalue weighted by Gasteiger charge is 2.28. The summed E-state index contributed by atoms with van der Waals surface area (Å²) in [4.78, 5) is 26.1. The highest BCUT2D eigenvalue weighted by Crippen LogP contribution is 2.13. The van der Waals surface area contributed by atoms with E-state index in [0.29, 0.717) is 26.2 Å². The number of nitrogens with one attached hydrogen (secondary N) is 1. The molecular formula is C10H17N3O2. The van der Waals surface area contributed by atoms with Gasteiger partial charge < -0.3 is 15.1 Å². The van der Waals surface area contributed by atoms with Crippen molar-refractivity contribution in [2.45, 2.75) is 6.42 Å². The van der Waals surface area contributed by atoms with Crippen molar-refractivity contribution in [3.8, 4) is 0 Å². The maximum absolute atomic E-state index is 12.0. The van der Waals surface area contributed by atoms with Gasteiger partial charge in [-0.05, 0) is 13.0 Å². The van der Waals surface area contributed by atoms with Crippen LogP contribution < -0.4 is 5.32 Å². The van der Waals surface area contributed by atoms with Crippen molar-refractivity contribution in [2.24, 2.45) is 5.92 Å². The molecule has 2 aliphatic rings. The van der Waals surface area contributed by atoms with Crippen molar-refractivity contribution in [3.63, 3.8) is 0 Å². The second-order valence-electron chi connectivity index (χ2n) is 4.16. The van der Waals surface area contributed by atoms with Gasteiger partial charge in [0, 0.05) is 32.7 Å². The summed E-state index contributed by atoms with van der Waals surface area (Å²) in [6.45, 7) is 4.49. The Morgan fingerprint density at radius 1 is 1.27 bits per heavy atom. The molecule has 2 rings (SSSR count). The Morgan fingerprint density at radius 2 is 2.00 bits per heavy atom. The minimum atomic E-state index is 0.160. The van der Waals surface area contributed by atoms with Gasteiger partial charge in [0.15, 0.2) is 0 Å². The van der Waals surface area contributed by atoms with Gasteiger partial charge in [-0.15, -0.1) is 0 Å². The van der Waals surface area contributed by atoms with Crippen LogP contribution in [0.25, 0.3) is 0 Å². The molecule has 1 N–H and O–H groups in total. The van der Waals surface area contributed by atoms with E-state index < -0.39 is 0 Å². The summed E-state index contributed by atoms with van der Waals surface area (Å²) >= 11 is 0. The summed E-state index contributed by atoms with van der Waals surface area (Å²) in [6.07, 6.45) is 1.81. The number of hydrogen-bond acceptors (Lipinski definition) is 3. The van der Waals surface area contributed by atoms with Crippen LogP contribution in [0.3, 0.4) is 0 Å². The van der Waals surface area contributed by atoms with Gasteiger partial charge in [-0.2, -0.15) is 0 Å². The second kappa shape index (κ2) is 4.61. The van der Waals surface area contributed by atoms with Gasteiger partial charge in [0.1, 0.15) is 0 Å². The summed E-state index contributed by atoms with van der Waals surface area (Å²) < 4.78 is 0. The summed E-state index contributed by atoms with van der Waals surface area (Å²) in [5.41, 5.74) is 0. The number of amides is 2. The van der Waals surface area contributed by atoms with Gasteiger partial charge in [-0.25, -0.2) is 0 Å². The zero-order chi connectivity index (χ0) is 10.7. The summed E-state index contributed by atoms with van der Waals surface area (Å²) in [5, 5.41) is 3.20. The molecule has 2 fully saturated rings. The van der Waals surface area contributed by atoms with Gasteiger partial charge in [-0.1, -0.05) is 0 Å². The van der Waals surface area contributed by atoms with Crippen molar-refractivity contribution in [1.82, 2.24) is 15.1 Å². The van der Waals surface area contributed by atoms with Crippen LogP contribution in [0.15, 0.2) is 0 Å². The molecule has 2 saturated heterocycles. The lowest BCUT2D eigenvalue weighted by atomic mass is 10.1. The number of nitrogens with zero attached hydrogens (tertiary/aromatic N) is 2. The summed E-state index contributed by atoms with van der Waals surface area (Å²) in [5.74, 6) is 0.415. The normalized spacial score (nSPS) is 26.8. The standard InChI is InChI=1S/C10H17N3O2/c14-8-12-3-5-13(6-4-12)10(15)9-1-2-11-7-9/h8-9,11H,1-7H2/t9-/m0/s1. The molecule has 2 aliphatic heterocycles. The third-order valence-electron chi connectivity index (χ3n) is 3.18. The third kappa shape index (κ3) is 2.28. The lowest BCUT2D eigenvalue weighted by Gasteiger charge is -2.33. The fourth-order valence-electron chi connectivity index (χ4n) is 2.17. The van der Waals surface area contributed by atoms with E-state index in [4.69, 9.17) is 0 Å². The molecule has 0 spiro atoms. The van der Waals surface area contributed by atoms with Gasteiger partial charge in [0.25, 0.3) is 0 Å². The Morgan fingerprint density at radius 3 is 2.53 bits per heavy atom. The third-order valence-corrected chi connectivity index (χ3v) is 3.18. The molecule has 5 nitrogen and oxygen atoms in total. The predicted octanol–water partition coefficient (Wildman–Crippen LogP) is -1.10. The Balaban J connectivity index is 1.84. The molecule has 2 heterocycles. The van der Waals surface area contributed by atoms with Crippen LogP contribution in [0.1, 0.15) is 6.42 Å². The maximum Gasteiger partial charge on any atom is 0.227 e. The largest absolute Gasteiger partial charge is 0.342 e. The van der Waals surface area contributed by atoms with E-state index in [1.165, 1.54) is 0 Å². The smallest absolute Gasteiger partial charge is 0.227 e. The Bertz CT molecular complexity index is 243. The number of carbonyl (C=O) groups is 2. The van der Waals surface area contributed by atoms with Crippen LogP contribution in [0.2, 0.25) is 0 Å². The molecule has 0 bridgehead atoms. The van der Waals surface area contributed by atoms with E-state index >= 15 is 0 Å². The molecule has 84 valence electrons.